The van der Waals surface area contributed by atoms with Crippen LogP contribution in [0.3, 0.4) is 0 Å². The standard InChI is InChI=1S/C19H18N4OS/c1-13-4-2-3-5-15(13)10-11-17-21-19(23-22-17)25-12-14-6-8-16(9-7-14)18(20)24/h2-11H,12H2,1H3,(H2,20,24)(H,21,22,23). The second kappa shape index (κ2) is 7.81. The first kappa shape index (κ1) is 17.0. The predicted octanol–water partition coefficient (Wildman–Crippen LogP) is 3.67. The average Bonchev–Trinajstić information content (AvgIpc) is 3.07. The van der Waals surface area contributed by atoms with Gasteiger partial charge in [0.15, 0.2) is 0 Å². The highest BCUT2D eigenvalue weighted by Gasteiger charge is 2.04. The zero-order chi connectivity index (χ0) is 17.6. The van der Waals surface area contributed by atoms with Crippen molar-refractivity contribution < 1.29 is 4.79 Å². The number of amides is 1. The van der Waals surface area contributed by atoms with Crippen LogP contribution in [0.2, 0.25) is 0 Å². The van der Waals surface area contributed by atoms with Crippen molar-refractivity contribution in [3.63, 3.8) is 0 Å². The molecule has 0 bridgehead atoms. The largest absolute Gasteiger partial charge is 0.366 e. The van der Waals surface area contributed by atoms with Crippen LogP contribution in [0.5, 0.6) is 0 Å². The smallest absolute Gasteiger partial charge is 0.248 e. The number of aromatic amines is 1. The van der Waals surface area contributed by atoms with Gasteiger partial charge in [0, 0.05) is 11.3 Å². The third-order valence-electron chi connectivity index (χ3n) is 3.70. The van der Waals surface area contributed by atoms with Crippen molar-refractivity contribution in [3.05, 3.63) is 76.6 Å². The molecule has 0 spiro atoms. The third-order valence-corrected chi connectivity index (χ3v) is 4.62. The van der Waals surface area contributed by atoms with Crippen molar-refractivity contribution in [2.45, 2.75) is 17.8 Å². The Morgan fingerprint density at radius 2 is 1.92 bits per heavy atom. The molecule has 25 heavy (non-hydrogen) atoms. The van der Waals surface area contributed by atoms with E-state index in [9.17, 15) is 4.79 Å². The lowest BCUT2D eigenvalue weighted by Crippen LogP contribution is -2.10. The average molecular weight is 350 g/mol. The van der Waals surface area contributed by atoms with Crippen LogP contribution in [0.15, 0.2) is 53.7 Å². The lowest BCUT2D eigenvalue weighted by molar-refractivity contribution is 0.100. The Morgan fingerprint density at radius 3 is 2.64 bits per heavy atom. The van der Waals surface area contributed by atoms with Gasteiger partial charge in [0.2, 0.25) is 11.1 Å². The Bertz CT molecular complexity index is 900. The predicted molar refractivity (Wildman–Crippen MR) is 101 cm³/mol. The van der Waals surface area contributed by atoms with Gasteiger partial charge >= 0.3 is 0 Å². The van der Waals surface area contributed by atoms with Crippen molar-refractivity contribution in [3.8, 4) is 0 Å². The fraction of sp³-hybridized carbons (Fsp3) is 0.105. The summed E-state index contributed by atoms with van der Waals surface area (Å²) in [5.41, 5.74) is 9.20. The van der Waals surface area contributed by atoms with Gasteiger partial charge in [-0.3, -0.25) is 9.89 Å². The number of aryl methyl sites for hydroxylation is 1. The SMILES string of the molecule is Cc1ccccc1C=Cc1nc(SCc2ccc(C(N)=O)cc2)n[nH]1. The van der Waals surface area contributed by atoms with Crippen LogP contribution in [0, 0.1) is 6.92 Å². The van der Waals surface area contributed by atoms with E-state index in [1.165, 1.54) is 17.3 Å². The Balaban J connectivity index is 1.60. The Morgan fingerprint density at radius 1 is 1.16 bits per heavy atom. The van der Waals surface area contributed by atoms with Gasteiger partial charge in [-0.2, -0.15) is 0 Å². The van der Waals surface area contributed by atoms with Crippen LogP contribution in [0.1, 0.15) is 32.9 Å². The molecule has 126 valence electrons. The summed E-state index contributed by atoms with van der Waals surface area (Å²) in [5.74, 6) is 1.02. The molecule has 0 aliphatic carbocycles. The molecule has 0 unspecified atom stereocenters. The van der Waals surface area contributed by atoms with Gasteiger partial charge < -0.3 is 5.73 Å². The number of benzene rings is 2. The van der Waals surface area contributed by atoms with Gasteiger partial charge in [-0.05, 0) is 41.8 Å². The summed E-state index contributed by atoms with van der Waals surface area (Å²) in [7, 11) is 0. The van der Waals surface area contributed by atoms with Crippen LogP contribution < -0.4 is 5.73 Å². The number of primary amides is 1. The van der Waals surface area contributed by atoms with Gasteiger partial charge in [0.1, 0.15) is 5.82 Å². The maximum atomic E-state index is 11.1. The van der Waals surface area contributed by atoms with E-state index < -0.39 is 5.91 Å². The van der Waals surface area contributed by atoms with Gasteiger partial charge in [0.05, 0.1) is 0 Å². The number of hydrogen-bond acceptors (Lipinski definition) is 4. The van der Waals surface area contributed by atoms with E-state index in [1.807, 2.05) is 36.4 Å². The molecule has 0 radical (unpaired) electrons. The van der Waals surface area contributed by atoms with Gasteiger partial charge in [0.25, 0.3) is 0 Å². The zero-order valence-electron chi connectivity index (χ0n) is 13.8. The minimum Gasteiger partial charge on any atom is -0.366 e. The lowest BCUT2D eigenvalue weighted by Gasteiger charge is -2.00. The summed E-state index contributed by atoms with van der Waals surface area (Å²) in [6, 6.07) is 15.4. The summed E-state index contributed by atoms with van der Waals surface area (Å²) in [4.78, 5) is 15.5. The number of nitrogens with one attached hydrogen (secondary N) is 1. The zero-order valence-corrected chi connectivity index (χ0v) is 14.6. The second-order valence-electron chi connectivity index (χ2n) is 5.54. The minimum atomic E-state index is -0.418. The lowest BCUT2D eigenvalue weighted by atomic mass is 10.1. The highest BCUT2D eigenvalue weighted by molar-refractivity contribution is 7.98. The molecule has 1 amide bonds. The molecule has 0 atom stereocenters. The fourth-order valence-electron chi connectivity index (χ4n) is 2.25. The second-order valence-corrected chi connectivity index (χ2v) is 6.49. The number of nitrogens with two attached hydrogens (primary N) is 1. The maximum Gasteiger partial charge on any atom is 0.248 e. The monoisotopic (exact) mass is 350 g/mol. The third kappa shape index (κ3) is 4.58. The molecular formula is C19H18N4OS. The molecular weight excluding hydrogens is 332 g/mol. The molecule has 6 heteroatoms. The van der Waals surface area contributed by atoms with E-state index in [-0.39, 0.29) is 0 Å². The molecule has 0 aliphatic heterocycles. The summed E-state index contributed by atoms with van der Waals surface area (Å²) < 4.78 is 0. The van der Waals surface area contributed by atoms with Crippen LogP contribution >= 0.6 is 11.8 Å². The molecule has 3 N–H and O–H groups in total. The van der Waals surface area contributed by atoms with Crippen molar-refractivity contribution in [1.29, 1.82) is 0 Å². The van der Waals surface area contributed by atoms with E-state index in [4.69, 9.17) is 5.73 Å². The molecule has 5 nitrogen and oxygen atoms in total. The van der Waals surface area contributed by atoms with Crippen LogP contribution in [0.4, 0.5) is 0 Å². The number of carbonyl (C=O) groups is 1. The molecule has 0 saturated carbocycles. The van der Waals surface area contributed by atoms with E-state index in [2.05, 4.69) is 34.2 Å². The molecule has 3 aromatic rings. The van der Waals surface area contributed by atoms with Crippen LogP contribution in [0.25, 0.3) is 12.2 Å². The number of carbonyl (C=O) groups excluding carboxylic acids is 1. The Hall–Kier alpha value is -2.86. The molecule has 1 heterocycles. The summed E-state index contributed by atoms with van der Waals surface area (Å²) in [6.07, 6.45) is 3.94. The number of hydrogen-bond donors (Lipinski definition) is 2. The van der Waals surface area contributed by atoms with Crippen molar-refractivity contribution in [2.24, 2.45) is 5.73 Å². The number of thioether (sulfide) groups is 1. The highest BCUT2D eigenvalue weighted by atomic mass is 32.2. The Labute approximate surface area is 150 Å². The quantitative estimate of drug-likeness (QED) is 0.664. The van der Waals surface area contributed by atoms with Crippen LogP contribution in [-0.4, -0.2) is 21.1 Å². The molecule has 3 rings (SSSR count). The van der Waals surface area contributed by atoms with Crippen molar-refractivity contribution in [1.82, 2.24) is 15.2 Å². The normalized spacial score (nSPS) is 11.1. The van der Waals surface area contributed by atoms with Crippen molar-refractivity contribution >= 4 is 29.8 Å². The molecule has 0 saturated heterocycles. The highest BCUT2D eigenvalue weighted by Crippen LogP contribution is 2.20. The number of nitrogens with zero attached hydrogens (tertiary/aromatic N) is 2. The number of aromatic nitrogens is 3. The van der Waals surface area contributed by atoms with Gasteiger partial charge in [-0.15, -0.1) is 5.10 Å². The topological polar surface area (TPSA) is 84.7 Å². The van der Waals surface area contributed by atoms with Gasteiger partial charge in [-0.25, -0.2) is 4.98 Å². The minimum absolute atomic E-state index is 0.418. The maximum absolute atomic E-state index is 11.1. The number of rotatable bonds is 6. The first-order chi connectivity index (χ1) is 12.1. The first-order valence-electron chi connectivity index (χ1n) is 7.79. The molecule has 2 aromatic carbocycles. The fourth-order valence-corrected chi connectivity index (χ4v) is 3.01. The van der Waals surface area contributed by atoms with Crippen molar-refractivity contribution in [2.75, 3.05) is 0 Å². The first-order valence-corrected chi connectivity index (χ1v) is 8.78. The summed E-state index contributed by atoms with van der Waals surface area (Å²) in [6.45, 7) is 2.07. The summed E-state index contributed by atoms with van der Waals surface area (Å²) in [5, 5.41) is 7.82. The number of H-pyrrole nitrogens is 1. The van der Waals surface area contributed by atoms with E-state index >= 15 is 0 Å². The van der Waals surface area contributed by atoms with Crippen LogP contribution in [-0.2, 0) is 5.75 Å². The van der Waals surface area contributed by atoms with E-state index in [0.29, 0.717) is 10.7 Å². The van der Waals surface area contributed by atoms with Gasteiger partial charge in [-0.1, -0.05) is 54.2 Å². The molecule has 0 fully saturated rings. The molecule has 1 aromatic heterocycles. The van der Waals surface area contributed by atoms with E-state index in [1.54, 1.807) is 12.1 Å². The Kier molecular flexibility index (Phi) is 5.30. The van der Waals surface area contributed by atoms with E-state index in [0.717, 1.165) is 22.7 Å². The summed E-state index contributed by atoms with van der Waals surface area (Å²) >= 11 is 1.53. The molecule has 0 aliphatic rings.